The number of aromatic amines is 1. The summed E-state index contributed by atoms with van der Waals surface area (Å²) in [6.07, 6.45) is 3.13. The highest BCUT2D eigenvalue weighted by molar-refractivity contribution is 7.90. The lowest BCUT2D eigenvalue weighted by atomic mass is 10.1. The Labute approximate surface area is 123 Å². The maximum Gasteiger partial charge on any atom is 0.175 e. The van der Waals surface area contributed by atoms with Gasteiger partial charge in [-0.05, 0) is 35.9 Å². The third-order valence-electron chi connectivity index (χ3n) is 3.43. The first-order valence-corrected chi connectivity index (χ1v) is 8.52. The maximum atomic E-state index is 11.6. The largest absolute Gasteiger partial charge is 0.381 e. The molecule has 3 rings (SSSR count). The molecule has 0 spiro atoms. The van der Waals surface area contributed by atoms with Gasteiger partial charge in [0.2, 0.25) is 0 Å². The Morgan fingerprint density at radius 1 is 1.10 bits per heavy atom. The monoisotopic (exact) mass is 300 g/mol. The first-order chi connectivity index (χ1) is 10.0. The van der Waals surface area contributed by atoms with Gasteiger partial charge in [-0.15, -0.1) is 0 Å². The quantitative estimate of drug-likeness (QED) is 0.778. The average molecular weight is 300 g/mol. The highest BCUT2D eigenvalue weighted by Crippen LogP contribution is 2.20. The number of benzene rings is 2. The molecule has 0 atom stereocenters. The first kappa shape index (κ1) is 13.7. The number of rotatable bonds is 4. The standard InChI is InChI=1S/C16H16N2O2S/c1-21(19,20)14-6-3-5-13(10-14)18-11-12-4-2-7-16-15(12)8-9-17-16/h2-10,17-18H,11H2,1H3. The number of hydrogen-bond donors (Lipinski definition) is 2. The van der Waals surface area contributed by atoms with E-state index in [0.717, 1.165) is 11.2 Å². The molecule has 21 heavy (non-hydrogen) atoms. The number of sulfone groups is 1. The molecule has 4 nitrogen and oxygen atoms in total. The fourth-order valence-electron chi connectivity index (χ4n) is 2.34. The van der Waals surface area contributed by atoms with Crippen molar-refractivity contribution < 1.29 is 8.42 Å². The lowest BCUT2D eigenvalue weighted by molar-refractivity contribution is 0.602. The third kappa shape index (κ3) is 2.92. The van der Waals surface area contributed by atoms with Gasteiger partial charge in [-0.2, -0.15) is 0 Å². The van der Waals surface area contributed by atoms with Gasteiger partial charge in [0.1, 0.15) is 0 Å². The van der Waals surface area contributed by atoms with E-state index in [1.807, 2.05) is 30.5 Å². The van der Waals surface area contributed by atoms with Crippen molar-refractivity contribution in [3.63, 3.8) is 0 Å². The summed E-state index contributed by atoms with van der Waals surface area (Å²) < 4.78 is 23.1. The van der Waals surface area contributed by atoms with Crippen molar-refractivity contribution in [1.82, 2.24) is 4.98 Å². The van der Waals surface area contributed by atoms with Gasteiger partial charge in [0.25, 0.3) is 0 Å². The van der Waals surface area contributed by atoms with Gasteiger partial charge in [0.05, 0.1) is 4.90 Å². The summed E-state index contributed by atoms with van der Waals surface area (Å²) >= 11 is 0. The van der Waals surface area contributed by atoms with E-state index in [4.69, 9.17) is 0 Å². The van der Waals surface area contributed by atoms with E-state index < -0.39 is 9.84 Å². The van der Waals surface area contributed by atoms with Crippen LogP contribution in [-0.4, -0.2) is 19.7 Å². The first-order valence-electron chi connectivity index (χ1n) is 6.63. The van der Waals surface area contributed by atoms with Gasteiger partial charge < -0.3 is 10.3 Å². The molecule has 0 bridgehead atoms. The van der Waals surface area contributed by atoms with Crippen LogP contribution in [0.5, 0.6) is 0 Å². The summed E-state index contributed by atoms with van der Waals surface area (Å²) in [4.78, 5) is 3.51. The van der Waals surface area contributed by atoms with Crippen LogP contribution < -0.4 is 5.32 Å². The van der Waals surface area contributed by atoms with Crippen LogP contribution in [0, 0.1) is 0 Å². The van der Waals surface area contributed by atoms with E-state index in [1.54, 1.807) is 18.2 Å². The van der Waals surface area contributed by atoms with Crippen molar-refractivity contribution in [2.24, 2.45) is 0 Å². The summed E-state index contributed by atoms with van der Waals surface area (Å²) in [5.41, 5.74) is 3.06. The Bertz CT molecular complexity index is 882. The molecule has 1 aromatic heterocycles. The zero-order valence-electron chi connectivity index (χ0n) is 11.6. The van der Waals surface area contributed by atoms with Crippen LogP contribution in [0.15, 0.2) is 59.6 Å². The molecule has 0 saturated carbocycles. The Morgan fingerprint density at radius 2 is 1.90 bits per heavy atom. The number of anilines is 1. The summed E-state index contributed by atoms with van der Waals surface area (Å²) in [6, 6.07) is 15.0. The SMILES string of the molecule is CS(=O)(=O)c1cccc(NCc2cccc3[nH]ccc23)c1. The van der Waals surface area contributed by atoms with Crippen LogP contribution >= 0.6 is 0 Å². The molecule has 1 heterocycles. The summed E-state index contributed by atoms with van der Waals surface area (Å²) in [6.45, 7) is 0.641. The molecule has 2 N–H and O–H groups in total. The number of fused-ring (bicyclic) bond motifs is 1. The zero-order valence-corrected chi connectivity index (χ0v) is 12.4. The molecule has 0 unspecified atom stereocenters. The van der Waals surface area contributed by atoms with E-state index >= 15 is 0 Å². The second kappa shape index (κ2) is 5.26. The minimum Gasteiger partial charge on any atom is -0.381 e. The topological polar surface area (TPSA) is 62.0 Å². The Kier molecular flexibility index (Phi) is 3.43. The van der Waals surface area contributed by atoms with Crippen molar-refractivity contribution in [1.29, 1.82) is 0 Å². The molecule has 3 aromatic rings. The maximum absolute atomic E-state index is 11.6. The second-order valence-corrected chi connectivity index (χ2v) is 7.03. The van der Waals surface area contributed by atoms with Crippen LogP contribution in [0.2, 0.25) is 0 Å². The van der Waals surface area contributed by atoms with E-state index in [-0.39, 0.29) is 0 Å². The van der Waals surface area contributed by atoms with Crippen molar-refractivity contribution in [2.45, 2.75) is 11.4 Å². The van der Waals surface area contributed by atoms with Gasteiger partial charge in [-0.25, -0.2) is 8.42 Å². The summed E-state index contributed by atoms with van der Waals surface area (Å²) in [5.74, 6) is 0. The smallest absolute Gasteiger partial charge is 0.175 e. The Hall–Kier alpha value is -2.27. The zero-order chi connectivity index (χ0) is 14.9. The molecule has 0 fully saturated rings. The van der Waals surface area contributed by atoms with Gasteiger partial charge in [0, 0.05) is 35.6 Å². The number of aromatic nitrogens is 1. The molecular weight excluding hydrogens is 284 g/mol. The second-order valence-electron chi connectivity index (χ2n) is 5.01. The Morgan fingerprint density at radius 3 is 2.71 bits per heavy atom. The molecule has 0 amide bonds. The minimum absolute atomic E-state index is 0.326. The highest BCUT2D eigenvalue weighted by Gasteiger charge is 2.07. The van der Waals surface area contributed by atoms with Crippen molar-refractivity contribution in [3.8, 4) is 0 Å². The lowest BCUT2D eigenvalue weighted by Gasteiger charge is -2.09. The van der Waals surface area contributed by atoms with E-state index in [0.29, 0.717) is 11.4 Å². The molecule has 2 aromatic carbocycles. The van der Waals surface area contributed by atoms with Crippen molar-refractivity contribution in [3.05, 3.63) is 60.3 Å². The van der Waals surface area contributed by atoms with Gasteiger partial charge in [-0.3, -0.25) is 0 Å². The molecule has 5 heteroatoms. The predicted octanol–water partition coefficient (Wildman–Crippen LogP) is 3.18. The fraction of sp³-hybridized carbons (Fsp3) is 0.125. The molecule has 108 valence electrons. The molecule has 0 aliphatic heterocycles. The van der Waals surface area contributed by atoms with Crippen molar-refractivity contribution >= 4 is 26.4 Å². The van der Waals surface area contributed by atoms with Crippen LogP contribution in [-0.2, 0) is 16.4 Å². The van der Waals surface area contributed by atoms with Crippen molar-refractivity contribution in [2.75, 3.05) is 11.6 Å². The molecule has 0 aliphatic rings. The molecule has 0 aliphatic carbocycles. The minimum atomic E-state index is -3.18. The molecule has 0 radical (unpaired) electrons. The summed E-state index contributed by atoms with van der Waals surface area (Å²) in [7, 11) is -3.18. The lowest BCUT2D eigenvalue weighted by Crippen LogP contribution is -2.02. The van der Waals surface area contributed by atoms with Crippen LogP contribution in [0.3, 0.4) is 0 Å². The third-order valence-corrected chi connectivity index (χ3v) is 4.54. The average Bonchev–Trinajstić information content (AvgIpc) is 2.93. The Balaban J connectivity index is 1.84. The fourth-order valence-corrected chi connectivity index (χ4v) is 3.01. The molecular formula is C16H16N2O2S. The highest BCUT2D eigenvalue weighted by atomic mass is 32.2. The van der Waals surface area contributed by atoms with Gasteiger partial charge in [-0.1, -0.05) is 18.2 Å². The molecule has 0 saturated heterocycles. The van der Waals surface area contributed by atoms with Crippen LogP contribution in [0.4, 0.5) is 5.69 Å². The van der Waals surface area contributed by atoms with E-state index in [2.05, 4.69) is 16.4 Å². The van der Waals surface area contributed by atoms with E-state index in [1.165, 1.54) is 17.2 Å². The van der Waals surface area contributed by atoms with Gasteiger partial charge >= 0.3 is 0 Å². The summed E-state index contributed by atoms with van der Waals surface area (Å²) in [5, 5.41) is 4.45. The van der Waals surface area contributed by atoms with E-state index in [9.17, 15) is 8.42 Å². The number of H-pyrrole nitrogens is 1. The van der Waals surface area contributed by atoms with Crippen LogP contribution in [0.25, 0.3) is 10.9 Å². The number of hydrogen-bond acceptors (Lipinski definition) is 3. The normalized spacial score (nSPS) is 11.7. The number of nitrogens with one attached hydrogen (secondary N) is 2. The van der Waals surface area contributed by atoms with Crippen LogP contribution in [0.1, 0.15) is 5.56 Å². The van der Waals surface area contributed by atoms with Gasteiger partial charge in [0.15, 0.2) is 9.84 Å². The predicted molar refractivity (Wildman–Crippen MR) is 85.2 cm³/mol.